The van der Waals surface area contributed by atoms with Gasteiger partial charge in [-0.05, 0) is 79.7 Å². The number of aliphatic hydroxyl groups is 1. The molecule has 4 heteroatoms. The van der Waals surface area contributed by atoms with Gasteiger partial charge in [-0.25, -0.2) is 9.18 Å². The van der Waals surface area contributed by atoms with Gasteiger partial charge in [0.05, 0.1) is 12.7 Å². The highest BCUT2D eigenvalue weighted by Crippen LogP contribution is 2.35. The fourth-order valence-electron chi connectivity index (χ4n) is 3.85. The zero-order chi connectivity index (χ0) is 20.8. The van der Waals surface area contributed by atoms with E-state index in [1.165, 1.54) is 0 Å². The van der Waals surface area contributed by atoms with Gasteiger partial charge in [0.2, 0.25) is 0 Å². The SMILES string of the molecule is C=C(C)C(=O)OCCCc1ccc(-c2ccc(C3CCC(O)CC3)c(F)c2)cc1. The molecule has 0 saturated heterocycles. The standard InChI is InChI=1S/C25H29FO3/c1-17(2)25(28)29-15-3-4-18-5-7-19(8-6-18)21-11-14-23(24(26)16-21)20-9-12-22(27)13-10-20/h5-8,11,14,16,20,22,27H,1,3-4,9-10,12-13,15H2,2H3. The topological polar surface area (TPSA) is 46.5 Å². The van der Waals surface area contributed by atoms with E-state index in [2.05, 4.69) is 6.58 Å². The van der Waals surface area contributed by atoms with E-state index in [0.717, 1.165) is 60.8 Å². The molecular formula is C25H29FO3. The minimum Gasteiger partial charge on any atom is -0.462 e. The number of aliphatic hydroxyl groups excluding tert-OH is 1. The number of carbonyl (C=O) groups is 1. The van der Waals surface area contributed by atoms with Crippen LogP contribution < -0.4 is 0 Å². The van der Waals surface area contributed by atoms with Crippen LogP contribution in [0.25, 0.3) is 11.1 Å². The molecule has 0 atom stereocenters. The van der Waals surface area contributed by atoms with Gasteiger partial charge in [0.1, 0.15) is 5.82 Å². The maximum atomic E-state index is 14.7. The normalized spacial score (nSPS) is 19.0. The first-order valence-corrected chi connectivity index (χ1v) is 10.3. The molecule has 0 amide bonds. The van der Waals surface area contributed by atoms with Gasteiger partial charge >= 0.3 is 5.97 Å². The molecule has 3 nitrogen and oxygen atoms in total. The Morgan fingerprint density at radius 3 is 2.38 bits per heavy atom. The van der Waals surface area contributed by atoms with Crippen LogP contribution in [-0.2, 0) is 16.0 Å². The summed E-state index contributed by atoms with van der Waals surface area (Å²) in [7, 11) is 0. The van der Waals surface area contributed by atoms with E-state index in [4.69, 9.17) is 4.74 Å². The van der Waals surface area contributed by atoms with E-state index >= 15 is 0 Å². The molecule has 0 bridgehead atoms. The fraction of sp³-hybridized carbons (Fsp3) is 0.400. The van der Waals surface area contributed by atoms with Crippen molar-refractivity contribution < 1.29 is 19.0 Å². The van der Waals surface area contributed by atoms with Crippen molar-refractivity contribution in [1.29, 1.82) is 0 Å². The lowest BCUT2D eigenvalue weighted by molar-refractivity contribution is -0.139. The van der Waals surface area contributed by atoms with Gasteiger partial charge in [-0.2, -0.15) is 0 Å². The molecule has 0 radical (unpaired) electrons. The van der Waals surface area contributed by atoms with Crippen LogP contribution in [0.5, 0.6) is 0 Å². The number of rotatable bonds is 7. The molecule has 29 heavy (non-hydrogen) atoms. The predicted octanol–water partition coefficient (Wildman–Crippen LogP) is 5.56. The predicted molar refractivity (Wildman–Crippen MR) is 113 cm³/mol. The Labute approximate surface area is 172 Å². The average molecular weight is 397 g/mol. The van der Waals surface area contributed by atoms with Crippen LogP contribution in [-0.4, -0.2) is 23.8 Å². The molecule has 1 fully saturated rings. The van der Waals surface area contributed by atoms with E-state index in [1.54, 1.807) is 13.0 Å². The quantitative estimate of drug-likeness (QED) is 0.378. The zero-order valence-electron chi connectivity index (χ0n) is 17.0. The van der Waals surface area contributed by atoms with Gasteiger partial charge in [0, 0.05) is 5.57 Å². The van der Waals surface area contributed by atoms with Crippen LogP contribution in [0, 0.1) is 5.82 Å². The second-order valence-corrected chi connectivity index (χ2v) is 7.96. The number of halogens is 1. The van der Waals surface area contributed by atoms with Crippen molar-refractivity contribution in [3.05, 3.63) is 71.6 Å². The molecule has 0 aliphatic heterocycles. The Kier molecular flexibility index (Phi) is 7.21. The first kappa shape index (κ1) is 21.3. The summed E-state index contributed by atoms with van der Waals surface area (Å²) in [6, 6.07) is 13.6. The van der Waals surface area contributed by atoms with E-state index in [1.807, 2.05) is 36.4 Å². The number of ether oxygens (including phenoxy) is 1. The third-order valence-corrected chi connectivity index (χ3v) is 5.62. The monoisotopic (exact) mass is 396 g/mol. The van der Waals surface area contributed by atoms with Gasteiger partial charge in [0.15, 0.2) is 0 Å². The lowest BCUT2D eigenvalue weighted by Crippen LogP contribution is -2.17. The molecule has 0 aromatic heterocycles. The summed E-state index contributed by atoms with van der Waals surface area (Å²) in [5.41, 5.74) is 4.17. The highest BCUT2D eigenvalue weighted by atomic mass is 19.1. The van der Waals surface area contributed by atoms with Crippen molar-refractivity contribution in [3.8, 4) is 11.1 Å². The molecule has 0 unspecified atom stereocenters. The smallest absolute Gasteiger partial charge is 0.333 e. The molecular weight excluding hydrogens is 367 g/mol. The third kappa shape index (κ3) is 5.77. The molecule has 1 saturated carbocycles. The molecule has 2 aromatic rings. The first-order valence-electron chi connectivity index (χ1n) is 10.3. The van der Waals surface area contributed by atoms with Crippen molar-refractivity contribution in [2.75, 3.05) is 6.61 Å². The summed E-state index contributed by atoms with van der Waals surface area (Å²) in [5, 5.41) is 9.65. The Bertz CT molecular complexity index is 849. The molecule has 2 aromatic carbocycles. The Morgan fingerprint density at radius 1 is 1.10 bits per heavy atom. The zero-order valence-corrected chi connectivity index (χ0v) is 17.0. The first-order chi connectivity index (χ1) is 13.9. The molecule has 1 aliphatic carbocycles. The van der Waals surface area contributed by atoms with Gasteiger partial charge in [-0.1, -0.05) is 43.0 Å². The highest BCUT2D eigenvalue weighted by molar-refractivity contribution is 5.86. The third-order valence-electron chi connectivity index (χ3n) is 5.62. The van der Waals surface area contributed by atoms with Crippen molar-refractivity contribution in [2.45, 2.75) is 57.5 Å². The second-order valence-electron chi connectivity index (χ2n) is 7.96. The fourth-order valence-corrected chi connectivity index (χ4v) is 3.85. The average Bonchev–Trinajstić information content (AvgIpc) is 2.72. The molecule has 0 spiro atoms. The molecule has 1 aliphatic rings. The van der Waals surface area contributed by atoms with Crippen LogP contribution in [0.1, 0.15) is 56.1 Å². The number of carbonyl (C=O) groups excluding carboxylic acids is 1. The van der Waals surface area contributed by atoms with Gasteiger partial charge < -0.3 is 9.84 Å². The summed E-state index contributed by atoms with van der Waals surface area (Å²) in [6.07, 6.45) is 4.51. The van der Waals surface area contributed by atoms with Crippen molar-refractivity contribution >= 4 is 5.97 Å². The van der Waals surface area contributed by atoms with Crippen LogP contribution in [0.2, 0.25) is 0 Å². The lowest BCUT2D eigenvalue weighted by Gasteiger charge is -2.26. The Hall–Kier alpha value is -2.46. The number of hydrogen-bond acceptors (Lipinski definition) is 3. The summed E-state index contributed by atoms with van der Waals surface area (Å²) >= 11 is 0. The van der Waals surface area contributed by atoms with E-state index < -0.39 is 0 Å². The number of aryl methyl sites for hydroxylation is 1. The molecule has 3 rings (SSSR count). The molecule has 154 valence electrons. The number of hydrogen-bond donors (Lipinski definition) is 1. The molecule has 0 heterocycles. The minimum absolute atomic E-state index is 0.160. The maximum absolute atomic E-state index is 14.7. The summed E-state index contributed by atoms with van der Waals surface area (Å²) in [4.78, 5) is 11.4. The Morgan fingerprint density at radius 2 is 1.76 bits per heavy atom. The highest BCUT2D eigenvalue weighted by Gasteiger charge is 2.23. The second kappa shape index (κ2) is 9.84. The van der Waals surface area contributed by atoms with Gasteiger partial charge in [0.25, 0.3) is 0 Å². The largest absolute Gasteiger partial charge is 0.462 e. The van der Waals surface area contributed by atoms with Gasteiger partial charge in [-0.15, -0.1) is 0 Å². The van der Waals surface area contributed by atoms with Crippen LogP contribution in [0.3, 0.4) is 0 Å². The van der Waals surface area contributed by atoms with E-state index in [0.29, 0.717) is 12.2 Å². The number of benzene rings is 2. The van der Waals surface area contributed by atoms with Crippen LogP contribution in [0.4, 0.5) is 4.39 Å². The van der Waals surface area contributed by atoms with E-state index in [-0.39, 0.29) is 23.8 Å². The van der Waals surface area contributed by atoms with Gasteiger partial charge in [-0.3, -0.25) is 0 Å². The van der Waals surface area contributed by atoms with Crippen molar-refractivity contribution in [1.82, 2.24) is 0 Å². The minimum atomic E-state index is -0.352. The summed E-state index contributed by atoms with van der Waals surface area (Å²) in [6.45, 7) is 5.57. The Balaban J connectivity index is 1.57. The summed E-state index contributed by atoms with van der Waals surface area (Å²) < 4.78 is 19.8. The van der Waals surface area contributed by atoms with Crippen LogP contribution >= 0.6 is 0 Å². The maximum Gasteiger partial charge on any atom is 0.333 e. The van der Waals surface area contributed by atoms with Crippen molar-refractivity contribution in [3.63, 3.8) is 0 Å². The van der Waals surface area contributed by atoms with Crippen LogP contribution in [0.15, 0.2) is 54.6 Å². The lowest BCUT2D eigenvalue weighted by atomic mass is 9.82. The van der Waals surface area contributed by atoms with Crippen molar-refractivity contribution in [2.24, 2.45) is 0 Å². The van der Waals surface area contributed by atoms with E-state index in [9.17, 15) is 14.3 Å². The molecule has 1 N–H and O–H groups in total. The number of esters is 1. The summed E-state index contributed by atoms with van der Waals surface area (Å²) in [5.74, 6) is -0.309.